The number of halogens is 2. The summed E-state index contributed by atoms with van der Waals surface area (Å²) in [4.78, 5) is 9.99. The van der Waals surface area contributed by atoms with E-state index in [1.165, 1.54) is 12.1 Å². The first-order chi connectivity index (χ1) is 7.06. The highest BCUT2D eigenvalue weighted by Gasteiger charge is 2.14. The standard InChI is InChI=1S/C8H4Br2N2O3/c9-6-3-5(12(13)14)4-7(10)8(6)15-2-1-11/h3-4H,2H2. The molecule has 0 saturated heterocycles. The van der Waals surface area contributed by atoms with Crippen LogP contribution in [-0.2, 0) is 0 Å². The topological polar surface area (TPSA) is 76.2 Å². The van der Waals surface area contributed by atoms with Crippen molar-refractivity contribution in [1.82, 2.24) is 0 Å². The van der Waals surface area contributed by atoms with E-state index in [1.807, 2.05) is 6.07 Å². The molecule has 0 N–H and O–H groups in total. The first-order valence-electron chi connectivity index (χ1n) is 3.69. The Hall–Kier alpha value is -1.13. The lowest BCUT2D eigenvalue weighted by molar-refractivity contribution is -0.385. The van der Waals surface area contributed by atoms with Gasteiger partial charge in [-0.3, -0.25) is 10.1 Å². The number of benzene rings is 1. The molecule has 0 bridgehead atoms. The zero-order valence-corrected chi connectivity index (χ0v) is 10.4. The minimum Gasteiger partial charge on any atom is -0.476 e. The molecule has 0 amide bonds. The number of nitriles is 1. The zero-order chi connectivity index (χ0) is 11.4. The number of nitro groups is 1. The van der Waals surface area contributed by atoms with Gasteiger partial charge in [-0.1, -0.05) is 0 Å². The third-order valence-electron chi connectivity index (χ3n) is 1.47. The van der Waals surface area contributed by atoms with E-state index in [4.69, 9.17) is 10.00 Å². The van der Waals surface area contributed by atoms with E-state index in [-0.39, 0.29) is 12.3 Å². The van der Waals surface area contributed by atoms with Crippen molar-refractivity contribution in [3.63, 3.8) is 0 Å². The maximum atomic E-state index is 10.5. The van der Waals surface area contributed by atoms with Gasteiger partial charge in [-0.05, 0) is 31.9 Å². The smallest absolute Gasteiger partial charge is 0.271 e. The summed E-state index contributed by atoms with van der Waals surface area (Å²) >= 11 is 6.26. The Morgan fingerprint density at radius 1 is 1.47 bits per heavy atom. The van der Waals surface area contributed by atoms with Crippen molar-refractivity contribution in [2.24, 2.45) is 0 Å². The molecule has 0 aliphatic rings. The summed E-state index contributed by atoms with van der Waals surface area (Å²) in [6, 6.07) is 4.44. The summed E-state index contributed by atoms with van der Waals surface area (Å²) in [6.45, 7) is -0.116. The molecular weight excluding hydrogens is 332 g/mol. The second-order valence-electron chi connectivity index (χ2n) is 2.44. The van der Waals surface area contributed by atoms with E-state index in [0.29, 0.717) is 14.7 Å². The van der Waals surface area contributed by atoms with Gasteiger partial charge >= 0.3 is 0 Å². The summed E-state index contributed by atoms with van der Waals surface area (Å²) < 4.78 is 5.93. The fraction of sp³-hybridized carbons (Fsp3) is 0.125. The monoisotopic (exact) mass is 334 g/mol. The van der Waals surface area contributed by atoms with Crippen LogP contribution in [-0.4, -0.2) is 11.5 Å². The van der Waals surface area contributed by atoms with Gasteiger partial charge in [0, 0.05) is 12.1 Å². The Morgan fingerprint density at radius 2 is 2.00 bits per heavy atom. The Balaban J connectivity index is 3.11. The van der Waals surface area contributed by atoms with Gasteiger partial charge in [0.2, 0.25) is 0 Å². The van der Waals surface area contributed by atoms with Crippen LogP contribution in [0.2, 0.25) is 0 Å². The van der Waals surface area contributed by atoms with Crippen LogP contribution in [0, 0.1) is 21.4 Å². The highest BCUT2D eigenvalue weighted by molar-refractivity contribution is 9.11. The van der Waals surface area contributed by atoms with Crippen molar-refractivity contribution in [2.45, 2.75) is 0 Å². The maximum absolute atomic E-state index is 10.5. The van der Waals surface area contributed by atoms with Crippen molar-refractivity contribution < 1.29 is 9.66 Å². The molecule has 0 fully saturated rings. The summed E-state index contributed by atoms with van der Waals surface area (Å²) in [5.41, 5.74) is -0.0574. The molecule has 5 nitrogen and oxygen atoms in total. The lowest BCUT2D eigenvalue weighted by Crippen LogP contribution is -1.96. The summed E-state index contributed by atoms with van der Waals surface area (Å²) in [7, 11) is 0. The van der Waals surface area contributed by atoms with Gasteiger partial charge in [0.05, 0.1) is 13.9 Å². The van der Waals surface area contributed by atoms with Gasteiger partial charge in [0.1, 0.15) is 11.8 Å². The maximum Gasteiger partial charge on any atom is 0.271 e. The molecule has 0 unspecified atom stereocenters. The van der Waals surface area contributed by atoms with Crippen LogP contribution in [0.1, 0.15) is 0 Å². The van der Waals surface area contributed by atoms with Crippen molar-refractivity contribution >= 4 is 37.5 Å². The van der Waals surface area contributed by atoms with Gasteiger partial charge in [-0.25, -0.2) is 0 Å². The van der Waals surface area contributed by atoms with Crippen LogP contribution in [0.4, 0.5) is 5.69 Å². The molecule has 0 aliphatic carbocycles. The SMILES string of the molecule is N#CCOc1c(Br)cc([N+](=O)[O-])cc1Br. The molecular formula is C8H4Br2N2O3. The summed E-state index contributed by atoms with van der Waals surface area (Å²) in [5, 5.41) is 18.8. The van der Waals surface area contributed by atoms with E-state index in [1.54, 1.807) is 0 Å². The largest absolute Gasteiger partial charge is 0.476 e. The minimum atomic E-state index is -0.510. The van der Waals surface area contributed by atoms with Crippen molar-refractivity contribution in [3.8, 4) is 11.8 Å². The average molecular weight is 336 g/mol. The predicted octanol–water partition coefficient (Wildman–Crippen LogP) is 3.02. The number of hydrogen-bond acceptors (Lipinski definition) is 4. The number of hydrogen-bond donors (Lipinski definition) is 0. The normalized spacial score (nSPS) is 9.40. The highest BCUT2D eigenvalue weighted by atomic mass is 79.9. The van der Waals surface area contributed by atoms with Crippen LogP contribution in [0.15, 0.2) is 21.1 Å². The van der Waals surface area contributed by atoms with Crippen LogP contribution < -0.4 is 4.74 Å². The second-order valence-corrected chi connectivity index (χ2v) is 4.15. The molecule has 0 radical (unpaired) electrons. The Kier molecular flexibility index (Phi) is 4.05. The van der Waals surface area contributed by atoms with Crippen LogP contribution in [0.3, 0.4) is 0 Å². The van der Waals surface area contributed by atoms with Crippen molar-refractivity contribution in [1.29, 1.82) is 5.26 Å². The Bertz CT molecular complexity index is 419. The third kappa shape index (κ3) is 2.91. The lowest BCUT2D eigenvalue weighted by atomic mass is 10.3. The van der Waals surface area contributed by atoms with Gasteiger partial charge in [-0.2, -0.15) is 5.26 Å². The molecule has 0 aliphatic heterocycles. The quantitative estimate of drug-likeness (QED) is 0.628. The van der Waals surface area contributed by atoms with Crippen molar-refractivity contribution in [2.75, 3.05) is 6.61 Å². The first kappa shape index (κ1) is 11.9. The van der Waals surface area contributed by atoms with E-state index in [2.05, 4.69) is 31.9 Å². The minimum absolute atomic E-state index is 0.0574. The molecule has 7 heteroatoms. The van der Waals surface area contributed by atoms with Crippen LogP contribution >= 0.6 is 31.9 Å². The molecule has 1 aromatic carbocycles. The van der Waals surface area contributed by atoms with Gasteiger partial charge in [0.15, 0.2) is 6.61 Å². The third-order valence-corrected chi connectivity index (χ3v) is 2.65. The van der Waals surface area contributed by atoms with E-state index >= 15 is 0 Å². The Labute approximate surface area is 102 Å². The number of non-ortho nitro benzene ring substituents is 1. The molecule has 15 heavy (non-hydrogen) atoms. The van der Waals surface area contributed by atoms with E-state index in [9.17, 15) is 10.1 Å². The van der Waals surface area contributed by atoms with E-state index in [0.717, 1.165) is 0 Å². The van der Waals surface area contributed by atoms with Crippen molar-refractivity contribution in [3.05, 3.63) is 31.2 Å². The Morgan fingerprint density at radius 3 is 2.40 bits per heavy atom. The van der Waals surface area contributed by atoms with E-state index < -0.39 is 4.92 Å². The first-order valence-corrected chi connectivity index (χ1v) is 5.28. The van der Waals surface area contributed by atoms with Crippen LogP contribution in [0.25, 0.3) is 0 Å². The average Bonchev–Trinajstić information content (AvgIpc) is 2.16. The summed E-state index contributed by atoms with van der Waals surface area (Å²) in [5.74, 6) is 0.377. The molecule has 0 saturated carbocycles. The molecule has 78 valence electrons. The van der Waals surface area contributed by atoms with Crippen LogP contribution in [0.5, 0.6) is 5.75 Å². The highest BCUT2D eigenvalue weighted by Crippen LogP contribution is 2.37. The molecule has 0 aromatic heterocycles. The lowest BCUT2D eigenvalue weighted by Gasteiger charge is -2.06. The van der Waals surface area contributed by atoms with Gasteiger partial charge < -0.3 is 4.74 Å². The summed E-state index contributed by atoms with van der Waals surface area (Å²) in [6.07, 6.45) is 0. The zero-order valence-electron chi connectivity index (χ0n) is 7.24. The van der Waals surface area contributed by atoms with Gasteiger partial charge in [-0.15, -0.1) is 0 Å². The van der Waals surface area contributed by atoms with Gasteiger partial charge in [0.25, 0.3) is 5.69 Å². The molecule has 1 aromatic rings. The molecule has 1 rings (SSSR count). The second kappa shape index (κ2) is 5.09. The number of nitro benzene ring substituents is 1. The molecule has 0 heterocycles. The number of ether oxygens (including phenoxy) is 1. The number of rotatable bonds is 3. The molecule has 0 spiro atoms. The fourth-order valence-electron chi connectivity index (χ4n) is 0.894. The molecule has 0 atom stereocenters. The predicted molar refractivity (Wildman–Crippen MR) is 59.6 cm³/mol. The fourth-order valence-corrected chi connectivity index (χ4v) is 2.29. The number of nitrogens with zero attached hydrogens (tertiary/aromatic N) is 2.